The maximum absolute atomic E-state index is 5.86. The molecule has 0 saturated carbocycles. The van der Waals surface area contributed by atoms with Crippen molar-refractivity contribution in [3.63, 3.8) is 0 Å². The highest BCUT2D eigenvalue weighted by atomic mass is 16.5. The van der Waals surface area contributed by atoms with Crippen LogP contribution in [0.4, 0.5) is 0 Å². The minimum Gasteiger partial charge on any atom is -0.493 e. The third-order valence-electron chi connectivity index (χ3n) is 4.01. The first-order chi connectivity index (χ1) is 10.7. The molecule has 0 fully saturated rings. The van der Waals surface area contributed by atoms with Gasteiger partial charge in [0.25, 0.3) is 0 Å². The number of fused-ring (bicyclic) bond motifs is 1. The molecule has 0 radical (unpaired) electrons. The lowest BCUT2D eigenvalue weighted by molar-refractivity contribution is 0.305. The van der Waals surface area contributed by atoms with Gasteiger partial charge in [-0.3, -0.25) is 4.98 Å². The third kappa shape index (κ3) is 2.66. The zero-order chi connectivity index (χ0) is 15.5. The van der Waals surface area contributed by atoms with Crippen molar-refractivity contribution in [3.8, 4) is 11.5 Å². The molecule has 0 bridgehead atoms. The van der Waals surface area contributed by atoms with Crippen molar-refractivity contribution in [2.45, 2.75) is 26.3 Å². The van der Waals surface area contributed by atoms with Crippen LogP contribution in [0.3, 0.4) is 0 Å². The molecule has 2 aromatic rings. The van der Waals surface area contributed by atoms with Crippen molar-refractivity contribution in [2.75, 3.05) is 20.3 Å². The Labute approximate surface area is 131 Å². The van der Waals surface area contributed by atoms with Crippen LogP contribution < -0.4 is 14.8 Å². The van der Waals surface area contributed by atoms with Gasteiger partial charge in [0.1, 0.15) is 0 Å². The van der Waals surface area contributed by atoms with Crippen molar-refractivity contribution in [1.29, 1.82) is 0 Å². The Morgan fingerprint density at radius 2 is 2.14 bits per heavy atom. The summed E-state index contributed by atoms with van der Waals surface area (Å²) in [5.41, 5.74) is 4.54. The molecule has 4 nitrogen and oxygen atoms in total. The van der Waals surface area contributed by atoms with Crippen molar-refractivity contribution in [2.24, 2.45) is 0 Å². The van der Waals surface area contributed by atoms with Crippen molar-refractivity contribution in [3.05, 3.63) is 52.8 Å². The second kappa shape index (κ2) is 6.36. The third-order valence-corrected chi connectivity index (χ3v) is 4.01. The second-order valence-corrected chi connectivity index (χ2v) is 5.44. The number of methoxy groups -OCH3 is 1. The fourth-order valence-corrected chi connectivity index (χ4v) is 3.05. The Balaban J connectivity index is 2.09. The lowest BCUT2D eigenvalue weighted by Crippen LogP contribution is -2.31. The molecule has 22 heavy (non-hydrogen) atoms. The number of hydrogen-bond acceptors (Lipinski definition) is 4. The van der Waals surface area contributed by atoms with Gasteiger partial charge in [-0.05, 0) is 44.0 Å². The largest absolute Gasteiger partial charge is 0.493 e. The van der Waals surface area contributed by atoms with Gasteiger partial charge in [-0.1, -0.05) is 12.1 Å². The zero-order valence-corrected chi connectivity index (χ0v) is 13.3. The molecule has 1 unspecified atom stereocenters. The second-order valence-electron chi connectivity index (χ2n) is 5.44. The van der Waals surface area contributed by atoms with E-state index >= 15 is 0 Å². The first-order valence-electron chi connectivity index (χ1n) is 7.74. The molecule has 0 aliphatic carbocycles. The van der Waals surface area contributed by atoms with Crippen LogP contribution in [0.1, 0.15) is 35.5 Å². The highest BCUT2D eigenvalue weighted by Crippen LogP contribution is 2.39. The molecule has 116 valence electrons. The Morgan fingerprint density at radius 1 is 1.27 bits per heavy atom. The molecule has 1 atom stereocenters. The fourth-order valence-electron chi connectivity index (χ4n) is 3.05. The van der Waals surface area contributed by atoms with Crippen LogP contribution in [-0.4, -0.2) is 25.2 Å². The van der Waals surface area contributed by atoms with Gasteiger partial charge in [-0.25, -0.2) is 0 Å². The van der Waals surface area contributed by atoms with Crippen molar-refractivity contribution >= 4 is 0 Å². The molecule has 1 aromatic carbocycles. The van der Waals surface area contributed by atoms with E-state index in [0.717, 1.165) is 35.9 Å². The van der Waals surface area contributed by atoms with Crippen LogP contribution in [0, 0.1) is 6.92 Å². The number of aryl methyl sites for hydroxylation is 1. The summed E-state index contributed by atoms with van der Waals surface area (Å²) >= 11 is 0. The number of nitrogens with zero attached hydrogens (tertiary/aromatic N) is 1. The lowest BCUT2D eigenvalue weighted by Gasteiger charge is -2.29. The number of benzene rings is 1. The van der Waals surface area contributed by atoms with Gasteiger partial charge in [0.05, 0.1) is 25.5 Å². The van der Waals surface area contributed by atoms with Crippen LogP contribution in [0.5, 0.6) is 11.5 Å². The van der Waals surface area contributed by atoms with Gasteiger partial charge in [0, 0.05) is 17.8 Å². The van der Waals surface area contributed by atoms with Gasteiger partial charge < -0.3 is 14.8 Å². The molecule has 1 aliphatic heterocycles. The van der Waals surface area contributed by atoms with E-state index in [9.17, 15) is 0 Å². The van der Waals surface area contributed by atoms with Crippen LogP contribution in [0.15, 0.2) is 30.3 Å². The summed E-state index contributed by atoms with van der Waals surface area (Å²) in [5, 5.41) is 3.57. The summed E-state index contributed by atoms with van der Waals surface area (Å²) in [5.74, 6) is 1.68. The van der Waals surface area contributed by atoms with E-state index in [4.69, 9.17) is 9.47 Å². The molecule has 1 aromatic heterocycles. The number of rotatable bonds is 4. The molecular weight excluding hydrogens is 276 g/mol. The number of nitrogens with one attached hydrogen (secondary N) is 1. The molecule has 0 amide bonds. The molecular formula is C18H22N2O2. The lowest BCUT2D eigenvalue weighted by atomic mass is 9.91. The summed E-state index contributed by atoms with van der Waals surface area (Å²) in [7, 11) is 1.69. The van der Waals surface area contributed by atoms with E-state index in [1.54, 1.807) is 7.11 Å². The van der Waals surface area contributed by atoms with Crippen LogP contribution >= 0.6 is 0 Å². The first kappa shape index (κ1) is 14.9. The van der Waals surface area contributed by atoms with Gasteiger partial charge in [0.15, 0.2) is 11.5 Å². The number of pyridine rings is 1. The molecule has 1 N–H and O–H groups in total. The Bertz CT molecular complexity index is 670. The first-order valence-corrected chi connectivity index (χ1v) is 7.74. The van der Waals surface area contributed by atoms with Gasteiger partial charge in [-0.2, -0.15) is 0 Å². The van der Waals surface area contributed by atoms with E-state index in [1.807, 2.05) is 26.0 Å². The number of aromatic nitrogens is 1. The quantitative estimate of drug-likeness (QED) is 0.942. The Hall–Kier alpha value is -2.07. The highest BCUT2D eigenvalue weighted by molar-refractivity contribution is 5.54. The van der Waals surface area contributed by atoms with E-state index in [-0.39, 0.29) is 6.04 Å². The van der Waals surface area contributed by atoms with E-state index in [2.05, 4.69) is 28.5 Å². The molecule has 3 rings (SSSR count). The number of ether oxygens (including phenoxy) is 2. The Kier molecular flexibility index (Phi) is 4.29. The topological polar surface area (TPSA) is 43.4 Å². The van der Waals surface area contributed by atoms with Gasteiger partial charge in [-0.15, -0.1) is 0 Å². The van der Waals surface area contributed by atoms with Gasteiger partial charge >= 0.3 is 0 Å². The normalized spacial score (nSPS) is 17.0. The monoisotopic (exact) mass is 298 g/mol. The zero-order valence-electron chi connectivity index (χ0n) is 13.3. The van der Waals surface area contributed by atoms with E-state index < -0.39 is 0 Å². The summed E-state index contributed by atoms with van der Waals surface area (Å²) in [6, 6.07) is 10.4. The highest BCUT2D eigenvalue weighted by Gasteiger charge is 2.26. The predicted molar refractivity (Wildman–Crippen MR) is 86.7 cm³/mol. The summed E-state index contributed by atoms with van der Waals surface area (Å²) in [6.45, 7) is 5.56. The molecule has 2 heterocycles. The minimum absolute atomic E-state index is 0.105. The summed E-state index contributed by atoms with van der Waals surface area (Å²) in [6.07, 6.45) is 0.935. The van der Waals surface area contributed by atoms with Gasteiger partial charge in [0.2, 0.25) is 0 Å². The summed E-state index contributed by atoms with van der Waals surface area (Å²) < 4.78 is 11.3. The standard InChI is InChI=1S/C18H22N2O2/c1-4-22-18-14-10-11-19-17(13(14)8-9-16(18)21-3)15-7-5-6-12(2)20-15/h5-9,17,19H,4,10-11H2,1-3H3. The molecule has 1 aliphatic rings. The van der Waals surface area contributed by atoms with E-state index in [1.165, 1.54) is 11.1 Å². The Morgan fingerprint density at radius 3 is 2.86 bits per heavy atom. The maximum Gasteiger partial charge on any atom is 0.164 e. The average molecular weight is 298 g/mol. The number of hydrogen-bond donors (Lipinski definition) is 1. The average Bonchev–Trinajstić information content (AvgIpc) is 2.55. The van der Waals surface area contributed by atoms with Crippen LogP contribution in [-0.2, 0) is 6.42 Å². The molecule has 0 spiro atoms. The van der Waals surface area contributed by atoms with E-state index in [0.29, 0.717) is 6.61 Å². The minimum atomic E-state index is 0.105. The maximum atomic E-state index is 5.86. The van der Waals surface area contributed by atoms with Crippen molar-refractivity contribution < 1.29 is 9.47 Å². The molecule has 0 saturated heterocycles. The van der Waals surface area contributed by atoms with Crippen LogP contribution in [0.25, 0.3) is 0 Å². The fraction of sp³-hybridized carbons (Fsp3) is 0.389. The molecule has 4 heteroatoms. The summed E-state index contributed by atoms with van der Waals surface area (Å²) in [4.78, 5) is 4.68. The van der Waals surface area contributed by atoms with Crippen LogP contribution in [0.2, 0.25) is 0 Å². The smallest absolute Gasteiger partial charge is 0.164 e. The predicted octanol–water partition coefficient (Wildman–Crippen LogP) is 3.03. The van der Waals surface area contributed by atoms with Crippen molar-refractivity contribution in [1.82, 2.24) is 10.3 Å². The SMILES string of the molecule is CCOc1c(OC)ccc2c1CCNC2c1cccc(C)n1.